The van der Waals surface area contributed by atoms with Crippen molar-refractivity contribution in [3.05, 3.63) is 214 Å². The van der Waals surface area contributed by atoms with Crippen molar-refractivity contribution in [3.8, 4) is 52.0 Å². The Morgan fingerprint density at radius 3 is 1.42 bits per heavy atom. The fourth-order valence-corrected chi connectivity index (χ4v) is 18.8. The molecule has 1 saturated heterocycles. The van der Waals surface area contributed by atoms with Crippen LogP contribution in [-0.4, -0.2) is 158 Å². The summed E-state index contributed by atoms with van der Waals surface area (Å²) in [5.74, 6) is 1.96. The Balaban J connectivity index is 0.000000123. The summed E-state index contributed by atoms with van der Waals surface area (Å²) < 4.78 is 24.6. The first-order valence-corrected chi connectivity index (χ1v) is 49.9. The van der Waals surface area contributed by atoms with E-state index in [2.05, 4.69) is 152 Å². The third kappa shape index (κ3) is 19.6. The molecule has 0 spiro atoms. The van der Waals surface area contributed by atoms with Gasteiger partial charge in [0.1, 0.15) is 80.2 Å². The van der Waals surface area contributed by atoms with Crippen LogP contribution in [0.15, 0.2) is 203 Å². The van der Waals surface area contributed by atoms with E-state index >= 15 is 0 Å². The molecule has 124 heavy (non-hydrogen) atoms. The molecular weight excluding hydrogens is 1590 g/mol. The van der Waals surface area contributed by atoms with Crippen molar-refractivity contribution < 1.29 is 29.0 Å². The predicted molar refractivity (Wildman–Crippen MR) is 479 cm³/mol. The van der Waals surface area contributed by atoms with E-state index in [1.54, 1.807) is 49.3 Å². The zero-order chi connectivity index (χ0) is 85.7. The van der Waals surface area contributed by atoms with E-state index in [1.807, 2.05) is 164 Å². The normalized spacial score (nSPS) is 17.2. The van der Waals surface area contributed by atoms with Gasteiger partial charge in [0.05, 0.1) is 114 Å². The van der Waals surface area contributed by atoms with Crippen molar-refractivity contribution in [3.63, 3.8) is 0 Å². The monoisotopic (exact) mass is 1700 g/mol. The Hall–Kier alpha value is -13.4. The maximum absolute atomic E-state index is 9.70. The molecule has 33 heteroatoms. The summed E-state index contributed by atoms with van der Waals surface area (Å²) in [6.07, 6.45) is 41.9. The van der Waals surface area contributed by atoms with Gasteiger partial charge in [0.2, 0.25) is 0 Å². The maximum atomic E-state index is 9.70. The third-order valence-electron chi connectivity index (χ3n) is 24.0. The van der Waals surface area contributed by atoms with E-state index in [4.69, 9.17) is 34.6 Å². The van der Waals surface area contributed by atoms with Gasteiger partial charge in [0.15, 0.2) is 0 Å². The van der Waals surface area contributed by atoms with Gasteiger partial charge in [0, 0.05) is 152 Å². The number of aromatic nitrogens is 23. The molecule has 1 aliphatic heterocycles. The van der Waals surface area contributed by atoms with Crippen LogP contribution in [0.4, 0.5) is 0 Å². The minimum Gasteiger partial charge on any atom is -0.361 e. The van der Waals surface area contributed by atoms with Crippen molar-refractivity contribution in [1.82, 2.24) is 109 Å². The summed E-state index contributed by atoms with van der Waals surface area (Å²) in [5, 5.41) is 62.4. The lowest BCUT2D eigenvalue weighted by Gasteiger charge is -2.22. The van der Waals surface area contributed by atoms with Crippen molar-refractivity contribution in [2.45, 2.75) is 159 Å². The summed E-state index contributed by atoms with van der Waals surface area (Å²) in [7, 11) is -0.595. The van der Waals surface area contributed by atoms with Crippen LogP contribution in [0.3, 0.4) is 0 Å². The van der Waals surface area contributed by atoms with Gasteiger partial charge in [-0.2, -0.15) is 31.1 Å². The summed E-state index contributed by atoms with van der Waals surface area (Å²) >= 11 is 0. The molecule has 0 radical (unpaired) electrons. The molecule has 5 unspecified atom stereocenters. The van der Waals surface area contributed by atoms with Crippen LogP contribution in [0.5, 0.6) is 0 Å². The molecule has 0 amide bonds. The lowest BCUT2D eigenvalue weighted by molar-refractivity contribution is -0.885. The smallest absolute Gasteiger partial charge is 0.325 e. The maximum Gasteiger partial charge on any atom is 0.325 e. The van der Waals surface area contributed by atoms with E-state index < -0.39 is 16.1 Å². The molecule has 17 aromatic rings. The summed E-state index contributed by atoms with van der Waals surface area (Å²) in [6.45, 7) is 18.6. The molecule has 2 aliphatic carbocycles. The number of pyridine rings is 4. The van der Waals surface area contributed by atoms with Gasteiger partial charge < -0.3 is 48.9 Å². The second kappa shape index (κ2) is 38.4. The van der Waals surface area contributed by atoms with Gasteiger partial charge in [-0.3, -0.25) is 14.0 Å². The Morgan fingerprint density at radius 1 is 0.484 bits per heavy atom. The molecule has 634 valence electrons. The molecule has 20 rings (SSSR count). The fourth-order valence-electron chi connectivity index (χ4n) is 17.3. The predicted octanol–water partition coefficient (Wildman–Crippen LogP) is 16.1. The van der Waals surface area contributed by atoms with Crippen LogP contribution in [0.25, 0.3) is 111 Å². The number of hydrogen-bond acceptors (Lipinski definition) is 19. The number of nitriles is 3. The highest BCUT2D eigenvalue weighted by Gasteiger charge is 2.37. The number of ether oxygens (including phenoxy) is 2. The number of fused-ring (bicyclic) bond motifs is 7. The molecule has 17 aromatic heterocycles. The minimum absolute atomic E-state index is 0.0136. The zero-order valence-electron chi connectivity index (χ0n) is 71.0. The van der Waals surface area contributed by atoms with Gasteiger partial charge in [-0.25, -0.2) is 49.8 Å². The van der Waals surface area contributed by atoms with Gasteiger partial charge in [-0.1, -0.05) is 44.0 Å². The quantitative estimate of drug-likeness (QED) is 0.0121. The first-order chi connectivity index (χ1) is 60.4. The fraction of sp³-hybridized carbons (Fsp3) is 0.363. The van der Waals surface area contributed by atoms with Crippen LogP contribution >= 0.6 is 0 Å². The summed E-state index contributed by atoms with van der Waals surface area (Å²) in [4.78, 5) is 57.3. The molecule has 3 aliphatic rings. The van der Waals surface area contributed by atoms with Gasteiger partial charge in [-0.15, -0.1) is 0 Å². The van der Waals surface area contributed by atoms with Crippen LogP contribution in [0.2, 0.25) is 51.4 Å². The van der Waals surface area contributed by atoms with Crippen molar-refractivity contribution in [2.24, 2.45) is 17.8 Å². The number of nitrogens with zero attached hydrogens (tertiary/aromatic N) is 21. The average molecular weight is 1700 g/mol. The number of H-pyrrole nitrogens is 5. The Kier molecular flexibility index (Phi) is 26.1. The Bertz CT molecular complexity index is 6560. The van der Waals surface area contributed by atoms with Crippen LogP contribution in [0.1, 0.15) is 106 Å². The highest BCUT2D eigenvalue weighted by Crippen LogP contribution is 2.46. The molecule has 31 nitrogen and oxygen atoms in total. The van der Waals surface area contributed by atoms with Crippen LogP contribution in [0, 0.1) is 51.7 Å². The molecule has 18 heterocycles. The second-order valence-electron chi connectivity index (χ2n) is 34.6. The van der Waals surface area contributed by atoms with Crippen LogP contribution in [-0.2, 0) is 22.9 Å². The molecule has 0 bridgehead atoms. The first kappa shape index (κ1) is 84.2. The standard InChI is InChI=1S/C30H36N8OSi.C24H22N8.C22H31N7OSi.C8H8N2O.C7H6N2O/c1-40(2,3)15-14-39-20-37-13-10-25-28(33-19-34-30(25)37)24-17-35-38(18-24)27(8-11-31)23-5-4-22(16-23)26-7-6-21-9-12-32-29(21)36-26;25-8-5-21(17-2-1-16(11-17)20-4-3-15-6-9-26-23(15)31-20)32-13-18(12-30-32)22-19-7-10-27-24(19)29-14-28-22;1-31(2,3)11-10-30-16-28-9-6-19-21(25-15-26-22(19)28)18-13-27-29(14-18)20(4-7-23)17-5-8-24-12-17;1-11-10-6-2-3-7-4-5-9-8(7)10;10-9-5-1-2-6-3-4-8-7(6)9/h6-7,9-10,12-13,17-19,22-23,27H,4-5,8,14-16,20H2,1-3H3,(H,32,36);3-4,6-7,9-10,12-14,16-17,21H,1-2,5,11H2,(H,26,31)(H,27,28,29);6,9,13-15,17,20,24H,4-5,8,10-12,16H2,1-3H3;2-6H,1H3;1-5,10H/p+2/t22?,23-,27?;16?,17-,21?;17-,20?;;/m000../s1. The second-order valence-corrected chi connectivity index (χ2v) is 45.8. The van der Waals surface area contributed by atoms with E-state index in [-0.39, 0.29) is 18.1 Å². The van der Waals surface area contributed by atoms with Crippen molar-refractivity contribution in [1.29, 1.82) is 15.8 Å². The van der Waals surface area contributed by atoms with Gasteiger partial charge in [0.25, 0.3) is 0 Å². The highest BCUT2D eigenvalue weighted by molar-refractivity contribution is 6.76. The Labute approximate surface area is 719 Å². The van der Waals surface area contributed by atoms with E-state index in [1.165, 1.54) is 0 Å². The highest BCUT2D eigenvalue weighted by atomic mass is 28.3. The molecule has 3 fully saturated rings. The molecule has 2 saturated carbocycles. The number of hydrogen-bond donors (Lipinski definition) is 7. The first-order valence-electron chi connectivity index (χ1n) is 42.5. The van der Waals surface area contributed by atoms with E-state index in [0.29, 0.717) is 62.3 Å². The van der Waals surface area contributed by atoms with E-state index in [9.17, 15) is 15.8 Å². The van der Waals surface area contributed by atoms with Crippen LogP contribution < -0.4 is 19.6 Å². The summed E-state index contributed by atoms with van der Waals surface area (Å²) in [6, 6.07) is 39.9. The lowest BCUT2D eigenvalue weighted by Crippen LogP contribution is -2.40. The third-order valence-corrected chi connectivity index (χ3v) is 27.4. The molecule has 8 atom stereocenters. The number of rotatable bonds is 25. The molecular formula is C91H105N27O4Si2+2. The lowest BCUT2D eigenvalue weighted by atomic mass is 9.93. The number of nitrogens with one attached hydrogen (secondary N) is 6. The Morgan fingerprint density at radius 2 is 0.935 bits per heavy atom. The van der Waals surface area contributed by atoms with Gasteiger partial charge >= 0.3 is 11.3 Å². The molecule has 0 aromatic carbocycles. The van der Waals surface area contributed by atoms with Crippen molar-refractivity contribution in [2.75, 3.05) is 33.4 Å². The van der Waals surface area contributed by atoms with Crippen molar-refractivity contribution >= 4 is 93.4 Å². The zero-order valence-corrected chi connectivity index (χ0v) is 73.0. The number of aromatic amines is 5. The molecule has 7 N–H and O–H groups in total. The van der Waals surface area contributed by atoms with Gasteiger partial charge in [-0.05, 0) is 177 Å². The largest absolute Gasteiger partial charge is 0.361 e. The SMILES string of the molecule is CO[n+]1cccc2cc[nH]c21.C[Si](C)(C)CCOCn1ccc2c(-c3cnn(C(CC#N)[C@H]4CCC(c5ccc6cc[nH]c6n5)C4)c3)ncnc21.C[Si](C)(C)CCOCn1ccc2c(-c3cnn(C(CC#N)[C@H]4CCNC4)c3)ncnc21.N#CCC([C@H]1CCC(c2ccc3cc[nH]c3n2)C1)n1cc(-c2ncnc3[nH]ccc23)cn1.O[n+]1cccc2cc[nH]c21. The topological polar surface area (TPSA) is 384 Å². The van der Waals surface area contributed by atoms with E-state index in [0.717, 1.165) is 210 Å². The minimum atomic E-state index is -1.13. The average Bonchev–Trinajstić information content (AvgIpc) is 1.64. The summed E-state index contributed by atoms with van der Waals surface area (Å²) in [5.41, 5.74) is 13.7.